The lowest BCUT2D eigenvalue weighted by Crippen LogP contribution is -2.29. The Balaban J connectivity index is 1.57. The summed E-state index contributed by atoms with van der Waals surface area (Å²) in [6.45, 7) is 0. The third kappa shape index (κ3) is 2.60. The van der Waals surface area contributed by atoms with Crippen molar-refractivity contribution in [2.75, 3.05) is 0 Å². The van der Waals surface area contributed by atoms with E-state index >= 15 is 0 Å². The van der Waals surface area contributed by atoms with E-state index in [1.54, 1.807) is 0 Å². The number of furan rings is 1. The van der Waals surface area contributed by atoms with Crippen molar-refractivity contribution in [3.63, 3.8) is 0 Å². The van der Waals surface area contributed by atoms with Gasteiger partial charge in [0.25, 0.3) is 0 Å². The second kappa shape index (κ2) is 7.59. The predicted molar refractivity (Wildman–Crippen MR) is 163 cm³/mol. The summed E-state index contributed by atoms with van der Waals surface area (Å²) in [5.74, 6) is 0. The van der Waals surface area contributed by atoms with Crippen molar-refractivity contribution in [1.29, 1.82) is 0 Å². The van der Waals surface area contributed by atoms with Crippen LogP contribution in [0.3, 0.4) is 0 Å². The highest BCUT2D eigenvalue weighted by atomic mass is 79.9. The van der Waals surface area contributed by atoms with E-state index in [9.17, 15) is 0 Å². The van der Waals surface area contributed by atoms with Crippen molar-refractivity contribution in [2.24, 2.45) is 0 Å². The van der Waals surface area contributed by atoms with Gasteiger partial charge in [0.15, 0.2) is 0 Å². The van der Waals surface area contributed by atoms with E-state index in [1.165, 1.54) is 61.0 Å². The van der Waals surface area contributed by atoms with Crippen molar-refractivity contribution < 1.29 is 4.42 Å². The SMILES string of the molecule is Brc1ccc2c(c1)C1(c3ccccc3-c3ccccc3-2)c2ccccc2-c2c1ccc1oc3ccccc3c21. The predicted octanol–water partition coefficient (Wildman–Crippen LogP) is 10.4. The van der Waals surface area contributed by atoms with Gasteiger partial charge in [0.2, 0.25) is 0 Å². The number of rotatable bonds is 0. The third-order valence-electron chi connectivity index (χ3n) is 8.77. The Hall–Kier alpha value is -4.40. The van der Waals surface area contributed by atoms with E-state index < -0.39 is 5.41 Å². The average Bonchev–Trinajstić information content (AvgIpc) is 3.48. The lowest BCUT2D eigenvalue weighted by Gasteiger charge is -2.35. The maximum Gasteiger partial charge on any atom is 0.136 e. The summed E-state index contributed by atoms with van der Waals surface area (Å²) < 4.78 is 7.48. The summed E-state index contributed by atoms with van der Waals surface area (Å²) in [5, 5.41) is 2.36. The fourth-order valence-electron chi connectivity index (χ4n) is 7.37. The molecular weight excluding hydrogens is 540 g/mol. The standard InChI is InChI=1S/C37H21BrO/c38-22-17-18-26-24-10-2-1-9-23(24)25-11-3-6-14-29(25)37(32(26)21-22)30-15-7-4-12-27(30)35-31(37)19-20-34-36(35)28-13-5-8-16-33(28)39-34/h1-21H. The van der Waals surface area contributed by atoms with E-state index in [4.69, 9.17) is 4.42 Å². The monoisotopic (exact) mass is 560 g/mol. The van der Waals surface area contributed by atoms with E-state index in [-0.39, 0.29) is 0 Å². The second-order valence-corrected chi connectivity index (χ2v) is 11.5. The lowest BCUT2D eigenvalue weighted by molar-refractivity contribution is 0.668. The number of benzene rings is 6. The largest absolute Gasteiger partial charge is 0.456 e. The molecule has 2 aliphatic rings. The maximum absolute atomic E-state index is 6.39. The van der Waals surface area contributed by atoms with Crippen LogP contribution in [0.25, 0.3) is 55.3 Å². The molecule has 1 nitrogen and oxygen atoms in total. The van der Waals surface area contributed by atoms with E-state index in [0.717, 1.165) is 21.0 Å². The normalized spacial score (nSPS) is 16.4. The molecule has 0 radical (unpaired) electrons. The molecule has 1 spiro atoms. The summed E-state index contributed by atoms with van der Waals surface area (Å²) in [4.78, 5) is 0. The molecule has 0 N–H and O–H groups in total. The number of fused-ring (bicyclic) bond motifs is 16. The summed E-state index contributed by atoms with van der Waals surface area (Å²) in [6, 6.07) is 46.6. The number of para-hydroxylation sites is 1. The molecule has 6 aromatic carbocycles. The molecule has 0 saturated heterocycles. The van der Waals surface area contributed by atoms with Crippen LogP contribution < -0.4 is 0 Å². The Labute approximate surface area is 234 Å². The number of hydrogen-bond donors (Lipinski definition) is 0. The van der Waals surface area contributed by atoms with Gasteiger partial charge in [-0.15, -0.1) is 0 Å². The van der Waals surface area contributed by atoms with Crippen molar-refractivity contribution in [1.82, 2.24) is 0 Å². The van der Waals surface area contributed by atoms with Crippen LogP contribution in [-0.4, -0.2) is 0 Å². The molecule has 9 rings (SSSR count). The smallest absolute Gasteiger partial charge is 0.136 e. The molecule has 39 heavy (non-hydrogen) atoms. The van der Waals surface area contributed by atoms with Crippen molar-refractivity contribution in [3.8, 4) is 33.4 Å². The van der Waals surface area contributed by atoms with Gasteiger partial charge in [-0.2, -0.15) is 0 Å². The van der Waals surface area contributed by atoms with E-state index in [1.807, 2.05) is 6.07 Å². The zero-order valence-corrected chi connectivity index (χ0v) is 22.5. The minimum atomic E-state index is -0.493. The molecule has 7 aromatic rings. The molecule has 1 atom stereocenters. The molecule has 0 amide bonds. The second-order valence-electron chi connectivity index (χ2n) is 10.5. The van der Waals surface area contributed by atoms with Gasteiger partial charge in [-0.25, -0.2) is 0 Å². The lowest BCUT2D eigenvalue weighted by atomic mass is 9.66. The first-order valence-corrected chi connectivity index (χ1v) is 14.1. The zero-order chi connectivity index (χ0) is 25.7. The molecule has 0 fully saturated rings. The average molecular weight is 561 g/mol. The van der Waals surface area contributed by atoms with Gasteiger partial charge in [0, 0.05) is 15.2 Å². The van der Waals surface area contributed by atoms with Gasteiger partial charge in [0.1, 0.15) is 11.2 Å². The Morgan fingerprint density at radius 3 is 1.87 bits per heavy atom. The van der Waals surface area contributed by atoms with E-state index in [2.05, 4.69) is 137 Å². The number of halogens is 1. The van der Waals surface area contributed by atoms with Crippen LogP contribution in [0.2, 0.25) is 0 Å². The van der Waals surface area contributed by atoms with Gasteiger partial charge in [-0.1, -0.05) is 119 Å². The Morgan fingerprint density at radius 2 is 1.08 bits per heavy atom. The molecular formula is C37H21BrO. The number of hydrogen-bond acceptors (Lipinski definition) is 1. The zero-order valence-electron chi connectivity index (χ0n) is 20.9. The van der Waals surface area contributed by atoms with Gasteiger partial charge in [0.05, 0.1) is 5.41 Å². The Bertz CT molecular complexity index is 2150. The van der Waals surface area contributed by atoms with Gasteiger partial charge in [-0.05, 0) is 79.9 Å². The Morgan fingerprint density at radius 1 is 0.462 bits per heavy atom. The first-order valence-electron chi connectivity index (χ1n) is 13.3. The van der Waals surface area contributed by atoms with Crippen molar-refractivity contribution in [2.45, 2.75) is 5.41 Å². The Kier molecular flexibility index (Phi) is 4.19. The van der Waals surface area contributed by atoms with Crippen LogP contribution in [-0.2, 0) is 5.41 Å². The van der Waals surface area contributed by atoms with Gasteiger partial charge in [-0.3, -0.25) is 0 Å². The maximum atomic E-state index is 6.39. The molecule has 2 aliphatic carbocycles. The molecule has 182 valence electrons. The van der Waals surface area contributed by atoms with Crippen LogP contribution in [0, 0.1) is 0 Å². The minimum absolute atomic E-state index is 0.493. The molecule has 0 saturated carbocycles. The summed E-state index contributed by atoms with van der Waals surface area (Å²) >= 11 is 3.86. The fourth-order valence-corrected chi connectivity index (χ4v) is 7.73. The minimum Gasteiger partial charge on any atom is -0.456 e. The first-order chi connectivity index (χ1) is 19.3. The summed E-state index contributed by atoms with van der Waals surface area (Å²) in [6.07, 6.45) is 0. The van der Waals surface area contributed by atoms with Crippen LogP contribution in [0.1, 0.15) is 22.3 Å². The highest BCUT2D eigenvalue weighted by molar-refractivity contribution is 9.10. The molecule has 2 heteroatoms. The highest BCUT2D eigenvalue weighted by Gasteiger charge is 2.50. The third-order valence-corrected chi connectivity index (χ3v) is 9.27. The molecule has 0 aliphatic heterocycles. The fraction of sp³-hybridized carbons (Fsp3) is 0.0270. The first kappa shape index (κ1) is 21.5. The van der Waals surface area contributed by atoms with Gasteiger partial charge < -0.3 is 4.42 Å². The topological polar surface area (TPSA) is 13.1 Å². The summed E-state index contributed by atoms with van der Waals surface area (Å²) in [7, 11) is 0. The molecule has 0 bridgehead atoms. The molecule has 1 aromatic heterocycles. The summed E-state index contributed by atoms with van der Waals surface area (Å²) in [5.41, 5.74) is 14.2. The van der Waals surface area contributed by atoms with Crippen molar-refractivity contribution >= 4 is 37.9 Å². The molecule has 1 unspecified atom stereocenters. The highest BCUT2D eigenvalue weighted by Crippen LogP contribution is 2.63. The molecule has 1 heterocycles. The van der Waals surface area contributed by atoms with Crippen molar-refractivity contribution in [3.05, 3.63) is 154 Å². The van der Waals surface area contributed by atoms with Crippen LogP contribution in [0.5, 0.6) is 0 Å². The van der Waals surface area contributed by atoms with Crippen LogP contribution in [0.15, 0.2) is 136 Å². The van der Waals surface area contributed by atoms with Gasteiger partial charge >= 0.3 is 0 Å². The quantitative estimate of drug-likeness (QED) is 0.180. The van der Waals surface area contributed by atoms with Crippen LogP contribution in [0.4, 0.5) is 0 Å². The van der Waals surface area contributed by atoms with Crippen LogP contribution >= 0.6 is 15.9 Å². The van der Waals surface area contributed by atoms with E-state index in [0.29, 0.717) is 0 Å².